The summed E-state index contributed by atoms with van der Waals surface area (Å²) in [6, 6.07) is 8.73. The molecule has 0 aliphatic carbocycles. The normalized spacial score (nSPS) is 10.4. The van der Waals surface area contributed by atoms with Crippen LogP contribution in [0.2, 0.25) is 0 Å². The summed E-state index contributed by atoms with van der Waals surface area (Å²) in [6.07, 6.45) is 1.46. The van der Waals surface area contributed by atoms with Gasteiger partial charge in [-0.15, -0.1) is 0 Å². The Balaban J connectivity index is 2.24. The fourth-order valence-corrected chi connectivity index (χ4v) is 2.04. The fourth-order valence-electron chi connectivity index (χ4n) is 1.62. The second-order valence-corrected chi connectivity index (χ2v) is 4.49. The third-order valence-electron chi connectivity index (χ3n) is 2.54. The lowest BCUT2D eigenvalue weighted by molar-refractivity contribution is 0.102. The first-order valence-electron chi connectivity index (χ1n) is 5.72. The number of para-hydroxylation sites is 1. The van der Waals surface area contributed by atoms with Crippen LogP contribution in [-0.4, -0.2) is 26.1 Å². The molecule has 0 unspecified atom stereocenters. The van der Waals surface area contributed by atoms with E-state index in [9.17, 15) is 4.79 Å². The van der Waals surface area contributed by atoms with Crippen molar-refractivity contribution in [2.75, 3.05) is 20.3 Å². The van der Waals surface area contributed by atoms with Crippen molar-refractivity contribution in [3.8, 4) is 5.75 Å². The number of carbonyl (C=O) groups is 1. The van der Waals surface area contributed by atoms with Gasteiger partial charge in [-0.25, -0.2) is 0 Å². The van der Waals surface area contributed by atoms with Gasteiger partial charge in [0.2, 0.25) is 5.78 Å². The molecule has 1 aromatic heterocycles. The van der Waals surface area contributed by atoms with E-state index in [1.165, 1.54) is 6.26 Å². The average molecular weight is 325 g/mol. The quantitative estimate of drug-likeness (QED) is 0.604. The van der Waals surface area contributed by atoms with Crippen molar-refractivity contribution in [1.82, 2.24) is 0 Å². The predicted octanol–water partition coefficient (Wildman–Crippen LogP) is 3.30. The summed E-state index contributed by atoms with van der Waals surface area (Å²) in [7, 11) is 1.60. The number of ketones is 1. The molecule has 0 N–H and O–H groups in total. The van der Waals surface area contributed by atoms with Crippen molar-refractivity contribution in [2.24, 2.45) is 0 Å². The summed E-state index contributed by atoms with van der Waals surface area (Å²) in [5.74, 6) is 0.395. The number of hydrogen-bond acceptors (Lipinski definition) is 4. The number of rotatable bonds is 6. The zero-order valence-electron chi connectivity index (χ0n) is 10.4. The Kier molecular flexibility index (Phi) is 4.76. The van der Waals surface area contributed by atoms with Gasteiger partial charge in [0.25, 0.3) is 0 Å². The number of methoxy groups -OCH3 is 1. The Labute approximate surface area is 119 Å². The molecule has 5 heteroatoms. The van der Waals surface area contributed by atoms with E-state index in [1.807, 2.05) is 6.07 Å². The maximum Gasteiger partial charge on any atom is 0.201 e. The molecule has 1 heterocycles. The number of carbonyl (C=O) groups excluding carboxylic acids is 1. The minimum absolute atomic E-state index is 0.145. The van der Waals surface area contributed by atoms with E-state index in [1.54, 1.807) is 31.4 Å². The molecule has 2 rings (SSSR count). The van der Waals surface area contributed by atoms with Gasteiger partial charge in [-0.1, -0.05) is 12.1 Å². The third-order valence-corrected chi connectivity index (χ3v) is 3.15. The predicted molar refractivity (Wildman–Crippen MR) is 73.7 cm³/mol. The van der Waals surface area contributed by atoms with Crippen LogP contribution in [-0.2, 0) is 4.74 Å². The lowest BCUT2D eigenvalue weighted by Crippen LogP contribution is -2.09. The lowest BCUT2D eigenvalue weighted by Gasteiger charge is -2.09. The molecule has 0 aliphatic heterocycles. The first-order valence-corrected chi connectivity index (χ1v) is 6.52. The van der Waals surface area contributed by atoms with Crippen LogP contribution in [0.25, 0.3) is 0 Å². The third kappa shape index (κ3) is 3.24. The van der Waals surface area contributed by atoms with Gasteiger partial charge in [-0.2, -0.15) is 0 Å². The van der Waals surface area contributed by atoms with Gasteiger partial charge in [-0.3, -0.25) is 4.79 Å². The molecule has 100 valence electrons. The molecule has 0 aliphatic rings. The van der Waals surface area contributed by atoms with Gasteiger partial charge < -0.3 is 13.9 Å². The summed E-state index contributed by atoms with van der Waals surface area (Å²) in [6.45, 7) is 0.866. The summed E-state index contributed by atoms with van der Waals surface area (Å²) in [5.41, 5.74) is 0.975. The first kappa shape index (κ1) is 13.8. The van der Waals surface area contributed by atoms with Crippen LogP contribution >= 0.6 is 15.9 Å². The molecular weight excluding hydrogens is 312 g/mol. The van der Waals surface area contributed by atoms with E-state index in [-0.39, 0.29) is 5.78 Å². The number of benzene rings is 1. The molecule has 0 saturated heterocycles. The van der Waals surface area contributed by atoms with E-state index in [4.69, 9.17) is 13.9 Å². The first-order chi connectivity index (χ1) is 9.24. The zero-order chi connectivity index (χ0) is 13.7. The monoisotopic (exact) mass is 324 g/mol. The molecule has 2 aromatic rings. The summed E-state index contributed by atoms with van der Waals surface area (Å²) in [4.78, 5) is 12.4. The van der Waals surface area contributed by atoms with E-state index >= 15 is 0 Å². The molecule has 4 nitrogen and oxygen atoms in total. The summed E-state index contributed by atoms with van der Waals surface area (Å²) >= 11 is 3.20. The molecule has 1 aromatic carbocycles. The Morgan fingerprint density at radius 2 is 2.00 bits per heavy atom. The highest BCUT2D eigenvalue weighted by Crippen LogP contribution is 2.26. The largest absolute Gasteiger partial charge is 0.490 e. The van der Waals surface area contributed by atoms with Gasteiger partial charge in [0, 0.05) is 7.11 Å². The van der Waals surface area contributed by atoms with Crippen LogP contribution in [0.4, 0.5) is 0 Å². The minimum Gasteiger partial charge on any atom is -0.490 e. The molecule has 19 heavy (non-hydrogen) atoms. The molecule has 0 amide bonds. The zero-order valence-corrected chi connectivity index (χ0v) is 12.0. The van der Waals surface area contributed by atoms with Gasteiger partial charge in [0.05, 0.1) is 24.0 Å². The van der Waals surface area contributed by atoms with Crippen molar-refractivity contribution in [2.45, 2.75) is 0 Å². The molecule has 0 bridgehead atoms. The van der Waals surface area contributed by atoms with Crippen molar-refractivity contribution in [3.05, 3.63) is 52.4 Å². The van der Waals surface area contributed by atoms with Crippen LogP contribution in [0.5, 0.6) is 5.75 Å². The number of halogens is 1. The minimum atomic E-state index is -0.145. The van der Waals surface area contributed by atoms with E-state index in [2.05, 4.69) is 15.9 Å². The highest BCUT2D eigenvalue weighted by Gasteiger charge is 2.18. The smallest absolute Gasteiger partial charge is 0.201 e. The Hall–Kier alpha value is -1.59. The fraction of sp³-hybridized carbons (Fsp3) is 0.214. The van der Waals surface area contributed by atoms with Crippen molar-refractivity contribution in [1.29, 1.82) is 0 Å². The van der Waals surface area contributed by atoms with Crippen LogP contribution in [0, 0.1) is 0 Å². The lowest BCUT2D eigenvalue weighted by atomic mass is 10.1. The SMILES string of the molecule is COCCOc1ccccc1C(=O)c1ccoc1Br. The number of ether oxygens (including phenoxy) is 2. The van der Waals surface area contributed by atoms with Crippen LogP contribution in [0.15, 0.2) is 45.7 Å². The van der Waals surface area contributed by atoms with Crippen molar-refractivity contribution < 1.29 is 18.7 Å². The van der Waals surface area contributed by atoms with Gasteiger partial charge >= 0.3 is 0 Å². The van der Waals surface area contributed by atoms with E-state index in [0.29, 0.717) is 34.8 Å². The average Bonchev–Trinajstić information content (AvgIpc) is 2.85. The van der Waals surface area contributed by atoms with Gasteiger partial charge in [-0.05, 0) is 34.1 Å². The van der Waals surface area contributed by atoms with Gasteiger partial charge in [0.15, 0.2) is 4.67 Å². The molecule has 0 radical (unpaired) electrons. The van der Waals surface area contributed by atoms with E-state index in [0.717, 1.165) is 0 Å². The second-order valence-electron chi connectivity index (χ2n) is 3.77. The maximum absolute atomic E-state index is 12.4. The molecule has 0 fully saturated rings. The summed E-state index contributed by atoms with van der Waals surface area (Å²) in [5, 5.41) is 0. The molecule has 0 spiro atoms. The Bertz CT molecular complexity index is 562. The second kappa shape index (κ2) is 6.54. The Morgan fingerprint density at radius 3 is 2.68 bits per heavy atom. The van der Waals surface area contributed by atoms with Crippen LogP contribution in [0.3, 0.4) is 0 Å². The molecule has 0 atom stereocenters. The van der Waals surface area contributed by atoms with E-state index < -0.39 is 0 Å². The van der Waals surface area contributed by atoms with Crippen LogP contribution < -0.4 is 4.74 Å². The highest BCUT2D eigenvalue weighted by molar-refractivity contribution is 9.10. The molecule has 0 saturated carbocycles. The number of furan rings is 1. The van der Waals surface area contributed by atoms with Gasteiger partial charge in [0.1, 0.15) is 12.4 Å². The number of hydrogen-bond donors (Lipinski definition) is 0. The Morgan fingerprint density at radius 1 is 1.21 bits per heavy atom. The standard InChI is InChI=1S/C14H13BrO4/c1-17-8-9-18-12-5-3-2-4-10(12)13(16)11-6-7-19-14(11)15/h2-7H,8-9H2,1H3. The van der Waals surface area contributed by atoms with Crippen LogP contribution in [0.1, 0.15) is 15.9 Å². The van der Waals surface area contributed by atoms with Crippen molar-refractivity contribution >= 4 is 21.7 Å². The topological polar surface area (TPSA) is 48.7 Å². The summed E-state index contributed by atoms with van der Waals surface area (Å²) < 4.78 is 16.0. The maximum atomic E-state index is 12.4. The molecular formula is C14H13BrO4. The highest BCUT2D eigenvalue weighted by atomic mass is 79.9. The van der Waals surface area contributed by atoms with Crippen molar-refractivity contribution in [3.63, 3.8) is 0 Å².